The van der Waals surface area contributed by atoms with Crippen molar-refractivity contribution in [3.05, 3.63) is 77.6 Å². The first-order chi connectivity index (χ1) is 34.1. The summed E-state index contributed by atoms with van der Waals surface area (Å²) in [5.74, 6) is 1.64. The summed E-state index contributed by atoms with van der Waals surface area (Å²) in [6, 6.07) is 15.3. The normalized spacial score (nSPS) is 22.4. The van der Waals surface area contributed by atoms with E-state index < -0.39 is 64.9 Å². The highest BCUT2D eigenvalue weighted by atomic mass is 28.1. The van der Waals surface area contributed by atoms with Gasteiger partial charge in [-0.1, -0.05) is 58.0 Å². The summed E-state index contributed by atoms with van der Waals surface area (Å²) in [7, 11) is 1.79. The smallest absolute Gasteiger partial charge is 0.406 e. The van der Waals surface area contributed by atoms with Gasteiger partial charge in [0.1, 0.15) is 17.7 Å². The van der Waals surface area contributed by atoms with E-state index in [0.717, 1.165) is 11.1 Å². The number of likely N-dealkylation sites (tertiary alicyclic amines) is 1. The summed E-state index contributed by atoms with van der Waals surface area (Å²) in [5.41, 5.74) is 6.96. The minimum Gasteiger partial charge on any atom is -0.464 e. The van der Waals surface area contributed by atoms with Crippen LogP contribution in [0.5, 0.6) is 0 Å². The molecule has 386 valence electrons. The number of aromatic nitrogens is 2. The van der Waals surface area contributed by atoms with E-state index in [1.54, 1.807) is 49.2 Å². The number of rotatable bonds is 10. The van der Waals surface area contributed by atoms with Crippen molar-refractivity contribution in [1.82, 2.24) is 30.2 Å². The third-order valence-electron chi connectivity index (χ3n) is 14.1. The molecule has 2 aromatic heterocycles. The fraction of sp³-hybridized carbons (Fsp3) is 0.528. The summed E-state index contributed by atoms with van der Waals surface area (Å²) in [4.78, 5) is 62.4. The molecule has 4 aliphatic rings. The number of fused-ring (bicyclic) bond motifs is 6. The molecule has 4 aromatic rings. The van der Waals surface area contributed by atoms with Crippen LogP contribution in [0.1, 0.15) is 77.3 Å². The predicted octanol–water partition coefficient (Wildman–Crippen LogP) is 5.25. The van der Waals surface area contributed by atoms with Crippen LogP contribution in [0.3, 0.4) is 0 Å². The first kappa shape index (κ1) is 52.7. The molecule has 8 rings (SSSR count). The molecule has 72 heavy (non-hydrogen) atoms. The molecule has 3 saturated heterocycles. The van der Waals surface area contributed by atoms with Gasteiger partial charge in [0, 0.05) is 84.3 Å². The maximum absolute atomic E-state index is 14.8. The van der Waals surface area contributed by atoms with Crippen molar-refractivity contribution in [2.24, 2.45) is 17.3 Å². The summed E-state index contributed by atoms with van der Waals surface area (Å²) >= 11 is 0. The maximum atomic E-state index is 14.8. The lowest BCUT2D eigenvalue weighted by molar-refractivity contribution is -0.158. The molecule has 6 bridgehead atoms. The van der Waals surface area contributed by atoms with Gasteiger partial charge in [0.2, 0.25) is 11.7 Å². The Morgan fingerprint density at radius 2 is 1.76 bits per heavy atom. The minimum absolute atomic E-state index is 0.0379. The molecule has 0 aliphatic carbocycles. The van der Waals surface area contributed by atoms with Gasteiger partial charge in [-0.3, -0.25) is 29.2 Å². The number of esters is 1. The summed E-state index contributed by atoms with van der Waals surface area (Å²) in [6.07, 6.45) is -2.65. The Bertz CT molecular complexity index is 2760. The van der Waals surface area contributed by atoms with E-state index in [9.17, 15) is 32.3 Å². The molecule has 4 atom stereocenters. The van der Waals surface area contributed by atoms with Crippen molar-refractivity contribution >= 4 is 44.8 Å². The number of carbonyl (C=O) groups is 4. The lowest BCUT2D eigenvalue weighted by Gasteiger charge is -2.41. The zero-order valence-corrected chi connectivity index (χ0v) is 44.2. The molecule has 2 N–H and O–H groups in total. The van der Waals surface area contributed by atoms with Crippen LogP contribution in [0.2, 0.25) is 0 Å². The van der Waals surface area contributed by atoms with Gasteiger partial charge in [0.05, 0.1) is 55.9 Å². The van der Waals surface area contributed by atoms with Crippen LogP contribution in [0.25, 0.3) is 33.3 Å². The number of amides is 3. The molecule has 19 heteroatoms. The third kappa shape index (κ3) is 11.7. The Labute approximate surface area is 421 Å². The zero-order chi connectivity index (χ0) is 51.8. The fourth-order valence-corrected chi connectivity index (χ4v) is 10.7. The number of benzene rings is 2. The van der Waals surface area contributed by atoms with Crippen molar-refractivity contribution in [1.29, 1.82) is 0 Å². The van der Waals surface area contributed by atoms with Crippen LogP contribution in [0.4, 0.5) is 13.2 Å². The molecule has 4 aliphatic heterocycles. The van der Waals surface area contributed by atoms with Crippen molar-refractivity contribution in [2.45, 2.75) is 109 Å². The van der Waals surface area contributed by atoms with Crippen molar-refractivity contribution in [3.63, 3.8) is 0 Å². The quantitative estimate of drug-likeness (QED) is 0.121. The largest absolute Gasteiger partial charge is 0.464 e. The van der Waals surface area contributed by atoms with Crippen LogP contribution in [-0.4, -0.2) is 136 Å². The number of halogens is 3. The van der Waals surface area contributed by atoms with Crippen LogP contribution in [-0.2, 0) is 62.2 Å². The average Bonchev–Trinajstić information content (AvgIpc) is 3.88. The first-order valence-corrected chi connectivity index (χ1v) is 25.6. The van der Waals surface area contributed by atoms with E-state index in [1.807, 2.05) is 58.0 Å². The van der Waals surface area contributed by atoms with Gasteiger partial charge in [-0.25, -0.2) is 5.43 Å². The zero-order valence-electron chi connectivity index (χ0n) is 42.2. The standard InChI is InChI=1S/C53H65F3N6O9Si/c1-32(2)41(29-68-37-27-60(28-37)44(63)16-18-51(6)70-21-22-71-51)47(64)58-42-24-34-11-8-12-35(23-34)36-14-15-43-39(25-36)40(26-50(4,5)31-69-49(66)52(72)17-10-20-62(59-52)48(42)65)46(61(43)30-53(54,55)56)38-13-9-19-57-45(38)33(3)67-7/h8-9,11-15,19,23,25,32-33,37,41-42,59H,10,17,20-22,24,26-31H2,1-7,72H3,(H,58,64)/t33-,41-,42-,52-/m0/s1. The Morgan fingerprint density at radius 1 is 1.03 bits per heavy atom. The van der Waals surface area contributed by atoms with E-state index in [1.165, 1.54) is 16.7 Å². The van der Waals surface area contributed by atoms with Crippen molar-refractivity contribution < 1.29 is 56.0 Å². The van der Waals surface area contributed by atoms with Crippen molar-refractivity contribution in [3.8, 4) is 34.2 Å². The Morgan fingerprint density at radius 3 is 2.47 bits per heavy atom. The van der Waals surface area contributed by atoms with Gasteiger partial charge < -0.3 is 38.5 Å². The molecular formula is C53H65F3N6O9Si. The van der Waals surface area contributed by atoms with Gasteiger partial charge in [0.15, 0.2) is 0 Å². The summed E-state index contributed by atoms with van der Waals surface area (Å²) in [6.45, 7) is 11.5. The SMILES string of the molecule is CO[C@@H](C)c1ncccc1-c1c2c3cc(ccc3n1CC(F)(F)F)-c1cccc(c1)C[C@H](NC(=O)[C@@H](COC1CN(C(=O)C#CC3(C)OCCO3)C1)C(C)C)C(=O)N1CCC[C@@]([SiH3])(N1)C(=O)OCC(C)(C)C2. The highest BCUT2D eigenvalue weighted by Gasteiger charge is 2.44. The number of alkyl halides is 3. The number of ether oxygens (including phenoxy) is 5. The highest BCUT2D eigenvalue weighted by Crippen LogP contribution is 2.43. The second-order valence-corrected chi connectivity index (χ2v) is 22.6. The predicted molar refractivity (Wildman–Crippen MR) is 266 cm³/mol. The number of hydrogen-bond donors (Lipinski definition) is 2. The Kier molecular flexibility index (Phi) is 15.4. The van der Waals surface area contributed by atoms with Crippen LogP contribution < -0.4 is 10.7 Å². The van der Waals surface area contributed by atoms with E-state index in [2.05, 4.69) is 27.6 Å². The third-order valence-corrected chi connectivity index (χ3v) is 15.2. The van der Waals surface area contributed by atoms with Gasteiger partial charge in [0.25, 0.3) is 11.8 Å². The van der Waals surface area contributed by atoms with E-state index in [4.69, 9.17) is 23.7 Å². The fourth-order valence-electron chi connectivity index (χ4n) is 9.88. The monoisotopic (exact) mass is 1010 g/mol. The molecule has 0 spiro atoms. The number of carbonyl (C=O) groups excluding carboxylic acids is 4. The topological polar surface area (TPSA) is 163 Å². The van der Waals surface area contributed by atoms with Crippen molar-refractivity contribution in [2.75, 3.05) is 53.2 Å². The molecule has 0 saturated carbocycles. The number of pyridine rings is 1. The molecule has 6 heterocycles. The average molecular weight is 1020 g/mol. The molecule has 0 unspecified atom stereocenters. The minimum atomic E-state index is -4.58. The molecule has 0 radical (unpaired) electrons. The lowest BCUT2D eigenvalue weighted by atomic mass is 9.84. The van der Waals surface area contributed by atoms with E-state index >= 15 is 0 Å². The highest BCUT2D eigenvalue weighted by molar-refractivity contribution is 6.27. The molecule has 3 amide bonds. The van der Waals surface area contributed by atoms with Gasteiger partial charge >= 0.3 is 12.1 Å². The van der Waals surface area contributed by atoms with E-state index in [-0.39, 0.29) is 60.8 Å². The molecule has 2 aromatic carbocycles. The molecule has 3 fully saturated rings. The second-order valence-electron chi connectivity index (χ2n) is 20.9. The number of nitrogens with one attached hydrogen (secondary N) is 2. The van der Waals surface area contributed by atoms with Gasteiger partial charge in [-0.05, 0) is 84.5 Å². The summed E-state index contributed by atoms with van der Waals surface area (Å²) < 4.78 is 74.5. The van der Waals surface area contributed by atoms with E-state index in [0.29, 0.717) is 78.1 Å². The van der Waals surface area contributed by atoms with Gasteiger partial charge in [-0.2, -0.15) is 13.2 Å². The summed E-state index contributed by atoms with van der Waals surface area (Å²) in [5, 5.41) is 3.89. The number of nitrogens with zero attached hydrogens (tertiary/aromatic N) is 4. The number of hydrazine groups is 1. The number of cyclic esters (lactones) is 1. The molecular weight excluding hydrogens is 950 g/mol. The molecule has 15 nitrogen and oxygen atoms in total. The second kappa shape index (κ2) is 21.1. The number of methoxy groups -OCH3 is 1. The van der Waals surface area contributed by atoms with Crippen LogP contribution in [0.15, 0.2) is 60.8 Å². The van der Waals surface area contributed by atoms with Crippen LogP contribution >= 0.6 is 0 Å². The first-order valence-electron chi connectivity index (χ1n) is 24.6. The van der Waals surface area contributed by atoms with Crippen LogP contribution in [0, 0.1) is 29.1 Å². The van der Waals surface area contributed by atoms with Gasteiger partial charge in [-0.15, -0.1) is 0 Å². The number of hydrogen-bond acceptors (Lipinski definition) is 11. The Balaban J connectivity index is 1.13. The maximum Gasteiger partial charge on any atom is 0.406 e. The lowest BCUT2D eigenvalue weighted by Crippen LogP contribution is -2.67. The Hall–Kier alpha value is -5.62.